The minimum absolute atomic E-state index is 0.0323. The fourth-order valence-corrected chi connectivity index (χ4v) is 2.29. The number of hydrogen-bond acceptors (Lipinski definition) is 4. The molecule has 1 aliphatic carbocycles. The number of nitrogens with one attached hydrogen (secondary N) is 1. The summed E-state index contributed by atoms with van der Waals surface area (Å²) in [7, 11) is 0. The zero-order valence-corrected chi connectivity index (χ0v) is 13.3. The lowest BCUT2D eigenvalue weighted by atomic mass is 10.1. The van der Waals surface area contributed by atoms with Crippen molar-refractivity contribution in [2.24, 2.45) is 0 Å². The normalized spacial score (nSPS) is 16.2. The van der Waals surface area contributed by atoms with Crippen LogP contribution in [0.25, 0.3) is 0 Å². The summed E-state index contributed by atoms with van der Waals surface area (Å²) < 4.78 is 17.3. The fraction of sp³-hybridized carbons (Fsp3) is 0.647. The maximum absolute atomic E-state index is 5.79. The van der Waals surface area contributed by atoms with Gasteiger partial charge in [-0.3, -0.25) is 0 Å². The molecule has 1 aliphatic rings. The van der Waals surface area contributed by atoms with Crippen molar-refractivity contribution in [1.82, 2.24) is 5.32 Å². The average Bonchev–Trinajstić information content (AvgIpc) is 3.30. The van der Waals surface area contributed by atoms with E-state index in [0.717, 1.165) is 17.9 Å². The molecule has 0 amide bonds. The molecule has 0 spiro atoms. The minimum atomic E-state index is -0.268. The SMILES string of the molecule is CCNC(c1ccc(OC2CC2)cc1)C(OCC)OCC. The van der Waals surface area contributed by atoms with E-state index in [-0.39, 0.29) is 12.3 Å². The van der Waals surface area contributed by atoms with Crippen molar-refractivity contribution in [3.63, 3.8) is 0 Å². The first-order valence-corrected chi connectivity index (χ1v) is 8.01. The fourth-order valence-electron chi connectivity index (χ4n) is 2.29. The van der Waals surface area contributed by atoms with Gasteiger partial charge in [0.05, 0.1) is 12.1 Å². The van der Waals surface area contributed by atoms with Crippen molar-refractivity contribution in [1.29, 1.82) is 0 Å². The van der Waals surface area contributed by atoms with E-state index < -0.39 is 0 Å². The largest absolute Gasteiger partial charge is 0.490 e. The number of rotatable bonds is 10. The van der Waals surface area contributed by atoms with Crippen LogP contribution in [0.2, 0.25) is 0 Å². The molecule has 1 aromatic carbocycles. The number of benzene rings is 1. The van der Waals surface area contributed by atoms with Gasteiger partial charge in [-0.15, -0.1) is 0 Å². The van der Waals surface area contributed by atoms with Crippen molar-refractivity contribution in [2.75, 3.05) is 19.8 Å². The average molecular weight is 293 g/mol. The Hall–Kier alpha value is -1.10. The molecule has 2 rings (SSSR count). The van der Waals surface area contributed by atoms with Gasteiger partial charge in [0.1, 0.15) is 5.75 Å². The van der Waals surface area contributed by atoms with Crippen LogP contribution in [-0.2, 0) is 9.47 Å². The van der Waals surface area contributed by atoms with Gasteiger partial charge >= 0.3 is 0 Å². The van der Waals surface area contributed by atoms with Gasteiger partial charge in [0.2, 0.25) is 0 Å². The molecule has 0 aromatic heterocycles. The highest BCUT2D eigenvalue weighted by Gasteiger charge is 2.25. The van der Waals surface area contributed by atoms with E-state index in [1.165, 1.54) is 12.8 Å². The summed E-state index contributed by atoms with van der Waals surface area (Å²) in [6, 6.07) is 8.29. The predicted molar refractivity (Wildman–Crippen MR) is 83.5 cm³/mol. The topological polar surface area (TPSA) is 39.7 Å². The van der Waals surface area contributed by atoms with Gasteiger partial charge < -0.3 is 19.5 Å². The van der Waals surface area contributed by atoms with Crippen LogP contribution in [0.1, 0.15) is 45.2 Å². The molecule has 1 N–H and O–H groups in total. The summed E-state index contributed by atoms with van der Waals surface area (Å²) in [5.74, 6) is 0.945. The van der Waals surface area contributed by atoms with Gasteiger partial charge in [-0.2, -0.15) is 0 Å². The second kappa shape index (κ2) is 8.37. The first-order chi connectivity index (χ1) is 10.3. The second-order valence-electron chi connectivity index (χ2n) is 5.20. The van der Waals surface area contributed by atoms with Crippen molar-refractivity contribution < 1.29 is 14.2 Å². The third kappa shape index (κ3) is 4.99. The molecule has 1 atom stereocenters. The van der Waals surface area contributed by atoms with Crippen LogP contribution in [0.15, 0.2) is 24.3 Å². The quantitative estimate of drug-likeness (QED) is 0.672. The van der Waals surface area contributed by atoms with E-state index in [4.69, 9.17) is 14.2 Å². The first kappa shape index (κ1) is 16.3. The van der Waals surface area contributed by atoms with Crippen LogP contribution in [0.5, 0.6) is 5.75 Å². The number of ether oxygens (including phenoxy) is 3. The van der Waals surface area contributed by atoms with Crippen molar-refractivity contribution in [2.45, 2.75) is 52.0 Å². The van der Waals surface area contributed by atoms with Crippen LogP contribution in [0.4, 0.5) is 0 Å². The summed E-state index contributed by atoms with van der Waals surface area (Å²) in [4.78, 5) is 0. The Morgan fingerprint density at radius 2 is 1.67 bits per heavy atom. The Labute approximate surface area is 127 Å². The van der Waals surface area contributed by atoms with E-state index in [0.29, 0.717) is 19.3 Å². The highest BCUT2D eigenvalue weighted by molar-refractivity contribution is 5.30. The van der Waals surface area contributed by atoms with Crippen LogP contribution >= 0.6 is 0 Å². The third-order valence-corrected chi connectivity index (χ3v) is 3.42. The summed E-state index contributed by atoms with van der Waals surface area (Å²) in [6.45, 7) is 8.20. The molecule has 4 nitrogen and oxygen atoms in total. The molecule has 0 bridgehead atoms. The molecule has 4 heteroatoms. The van der Waals surface area contributed by atoms with Gasteiger partial charge in [0.25, 0.3) is 0 Å². The Morgan fingerprint density at radius 1 is 1.05 bits per heavy atom. The summed E-state index contributed by atoms with van der Waals surface area (Å²) >= 11 is 0. The Kier molecular flexibility index (Phi) is 6.49. The van der Waals surface area contributed by atoms with Gasteiger partial charge in [-0.25, -0.2) is 0 Å². The summed E-state index contributed by atoms with van der Waals surface area (Å²) in [5.41, 5.74) is 1.16. The van der Waals surface area contributed by atoms with E-state index in [1.54, 1.807) is 0 Å². The minimum Gasteiger partial charge on any atom is -0.490 e. The molecule has 1 unspecified atom stereocenters. The molecule has 0 saturated heterocycles. The molecule has 1 fully saturated rings. The Bertz CT molecular complexity index is 397. The molecular weight excluding hydrogens is 266 g/mol. The van der Waals surface area contributed by atoms with E-state index in [2.05, 4.69) is 24.4 Å². The second-order valence-corrected chi connectivity index (χ2v) is 5.20. The smallest absolute Gasteiger partial charge is 0.176 e. The summed E-state index contributed by atoms with van der Waals surface area (Å²) in [5, 5.41) is 3.45. The van der Waals surface area contributed by atoms with Gasteiger partial charge in [-0.1, -0.05) is 19.1 Å². The van der Waals surface area contributed by atoms with Crippen LogP contribution in [0.3, 0.4) is 0 Å². The molecule has 0 heterocycles. The lowest BCUT2D eigenvalue weighted by molar-refractivity contribution is -0.155. The first-order valence-electron chi connectivity index (χ1n) is 8.01. The summed E-state index contributed by atoms with van der Waals surface area (Å²) in [6.07, 6.45) is 2.52. The third-order valence-electron chi connectivity index (χ3n) is 3.42. The molecular formula is C17H27NO3. The van der Waals surface area contributed by atoms with Gasteiger partial charge in [0.15, 0.2) is 6.29 Å². The van der Waals surface area contributed by atoms with Gasteiger partial charge in [-0.05, 0) is 50.9 Å². The van der Waals surface area contributed by atoms with Crippen molar-refractivity contribution >= 4 is 0 Å². The Balaban J connectivity index is 2.07. The molecule has 0 radical (unpaired) electrons. The lowest BCUT2D eigenvalue weighted by Crippen LogP contribution is -2.36. The molecule has 118 valence electrons. The maximum atomic E-state index is 5.79. The molecule has 1 aromatic rings. The number of likely N-dealkylation sites (N-methyl/N-ethyl adjacent to an activating group) is 1. The monoisotopic (exact) mass is 293 g/mol. The van der Waals surface area contributed by atoms with Gasteiger partial charge in [0, 0.05) is 13.2 Å². The van der Waals surface area contributed by atoms with Crippen LogP contribution in [0, 0.1) is 0 Å². The highest BCUT2D eigenvalue weighted by Crippen LogP contribution is 2.28. The van der Waals surface area contributed by atoms with Crippen LogP contribution < -0.4 is 10.1 Å². The predicted octanol–water partition coefficient (Wildman–Crippen LogP) is 3.28. The zero-order valence-electron chi connectivity index (χ0n) is 13.3. The van der Waals surface area contributed by atoms with E-state index in [9.17, 15) is 0 Å². The van der Waals surface area contributed by atoms with Crippen molar-refractivity contribution in [3.05, 3.63) is 29.8 Å². The van der Waals surface area contributed by atoms with Crippen molar-refractivity contribution in [3.8, 4) is 5.75 Å². The van der Waals surface area contributed by atoms with E-state index in [1.807, 2.05) is 26.0 Å². The zero-order chi connectivity index (χ0) is 15.1. The molecule has 0 aliphatic heterocycles. The standard InChI is InChI=1S/C17H27NO3/c1-4-18-16(17(19-5-2)20-6-3)13-7-9-14(10-8-13)21-15-11-12-15/h7-10,15-18H,4-6,11-12H2,1-3H3. The molecule has 1 saturated carbocycles. The molecule has 21 heavy (non-hydrogen) atoms. The maximum Gasteiger partial charge on any atom is 0.176 e. The Morgan fingerprint density at radius 3 is 2.14 bits per heavy atom. The van der Waals surface area contributed by atoms with Crippen LogP contribution in [-0.4, -0.2) is 32.2 Å². The highest BCUT2D eigenvalue weighted by atomic mass is 16.7. The lowest BCUT2D eigenvalue weighted by Gasteiger charge is -2.27. The van der Waals surface area contributed by atoms with E-state index >= 15 is 0 Å². The number of hydrogen-bond donors (Lipinski definition) is 1.